The third-order valence-electron chi connectivity index (χ3n) is 2.84. The van der Waals surface area contributed by atoms with Crippen molar-refractivity contribution in [1.82, 2.24) is 0 Å². The number of esters is 1. The van der Waals surface area contributed by atoms with Gasteiger partial charge in [-0.05, 0) is 13.8 Å². The fourth-order valence-corrected chi connectivity index (χ4v) is 1.38. The predicted octanol–water partition coefficient (Wildman–Crippen LogP) is 4.56. The SMILES string of the molecule is C=C(C(=O)OC(C)CC(C)(C(F)(F)F)C(F)(F)F)C(F)(F)F. The molecule has 2 nitrogen and oxygen atoms in total. The fraction of sp³-hybridized carbons (Fsp3) is 0.727. The summed E-state index contributed by atoms with van der Waals surface area (Å²) >= 11 is 0. The van der Waals surface area contributed by atoms with Gasteiger partial charge in [0.05, 0.1) is 0 Å². The molecule has 0 aromatic heterocycles. The second-order valence-electron chi connectivity index (χ2n) is 4.72. The molecule has 130 valence electrons. The third-order valence-corrected chi connectivity index (χ3v) is 2.84. The Morgan fingerprint density at radius 2 is 1.36 bits per heavy atom. The number of alkyl halides is 9. The zero-order valence-electron chi connectivity index (χ0n) is 11.2. The van der Waals surface area contributed by atoms with E-state index in [1.165, 1.54) is 0 Å². The molecule has 0 aromatic carbocycles. The van der Waals surface area contributed by atoms with Crippen LogP contribution in [0.15, 0.2) is 12.2 Å². The Morgan fingerprint density at radius 1 is 1.00 bits per heavy atom. The number of ether oxygens (including phenoxy) is 1. The molecule has 1 unspecified atom stereocenters. The first-order valence-electron chi connectivity index (χ1n) is 5.54. The first-order valence-corrected chi connectivity index (χ1v) is 5.54. The molecule has 0 radical (unpaired) electrons. The van der Waals surface area contributed by atoms with Gasteiger partial charge in [0.2, 0.25) is 0 Å². The molecule has 1 atom stereocenters. The van der Waals surface area contributed by atoms with Gasteiger partial charge < -0.3 is 4.74 Å². The van der Waals surface area contributed by atoms with Crippen molar-refractivity contribution in [3.8, 4) is 0 Å². The predicted molar refractivity (Wildman–Crippen MR) is 55.6 cm³/mol. The Bertz CT molecular complexity index is 416. The summed E-state index contributed by atoms with van der Waals surface area (Å²) in [7, 11) is 0. The molecule has 0 spiro atoms. The van der Waals surface area contributed by atoms with Crippen molar-refractivity contribution >= 4 is 5.97 Å². The van der Waals surface area contributed by atoms with E-state index in [0.717, 1.165) is 0 Å². The maximum Gasteiger partial charge on any atom is 0.422 e. The lowest BCUT2D eigenvalue weighted by atomic mass is 9.83. The van der Waals surface area contributed by atoms with Crippen LogP contribution in [0.4, 0.5) is 39.5 Å². The van der Waals surface area contributed by atoms with E-state index >= 15 is 0 Å². The van der Waals surface area contributed by atoms with Crippen LogP contribution in [0.5, 0.6) is 0 Å². The lowest BCUT2D eigenvalue weighted by molar-refractivity contribution is -0.340. The maximum atomic E-state index is 12.6. The van der Waals surface area contributed by atoms with Crippen LogP contribution in [0.2, 0.25) is 0 Å². The van der Waals surface area contributed by atoms with Gasteiger partial charge in [0.25, 0.3) is 0 Å². The lowest BCUT2D eigenvalue weighted by Crippen LogP contribution is -2.49. The summed E-state index contributed by atoms with van der Waals surface area (Å²) in [4.78, 5) is 11.0. The molecular weight excluding hydrogens is 335 g/mol. The van der Waals surface area contributed by atoms with Crippen molar-refractivity contribution in [2.45, 2.75) is 44.9 Å². The van der Waals surface area contributed by atoms with Crippen LogP contribution < -0.4 is 0 Å². The van der Waals surface area contributed by atoms with E-state index < -0.39 is 48.0 Å². The third kappa shape index (κ3) is 4.54. The maximum absolute atomic E-state index is 12.6. The molecule has 0 fully saturated rings. The number of carbonyl (C=O) groups excluding carboxylic acids is 1. The number of hydrogen-bond acceptors (Lipinski definition) is 2. The molecular formula is C11H11F9O2. The largest absolute Gasteiger partial charge is 0.459 e. The Labute approximate surface area is 118 Å². The lowest BCUT2D eigenvalue weighted by Gasteiger charge is -2.35. The zero-order chi connectivity index (χ0) is 18.1. The van der Waals surface area contributed by atoms with Crippen molar-refractivity contribution < 1.29 is 49.0 Å². The zero-order valence-corrected chi connectivity index (χ0v) is 11.2. The average molecular weight is 346 g/mol. The van der Waals surface area contributed by atoms with Crippen LogP contribution in [0.3, 0.4) is 0 Å². The van der Waals surface area contributed by atoms with E-state index in [2.05, 4.69) is 11.3 Å². The van der Waals surface area contributed by atoms with E-state index in [1.807, 2.05) is 0 Å². The van der Waals surface area contributed by atoms with E-state index in [0.29, 0.717) is 6.92 Å². The van der Waals surface area contributed by atoms with Crippen LogP contribution in [-0.4, -0.2) is 30.6 Å². The van der Waals surface area contributed by atoms with Crippen molar-refractivity contribution in [2.75, 3.05) is 0 Å². The molecule has 0 rings (SSSR count). The average Bonchev–Trinajstić information content (AvgIpc) is 2.22. The number of halogens is 9. The molecule has 0 aliphatic rings. The van der Waals surface area contributed by atoms with Gasteiger partial charge in [-0.25, -0.2) is 4.79 Å². The molecule has 0 aromatic rings. The number of hydrogen-bond donors (Lipinski definition) is 0. The van der Waals surface area contributed by atoms with Crippen LogP contribution in [0.25, 0.3) is 0 Å². The van der Waals surface area contributed by atoms with Gasteiger partial charge in [-0.15, -0.1) is 0 Å². The van der Waals surface area contributed by atoms with Crippen LogP contribution in [-0.2, 0) is 9.53 Å². The Balaban J connectivity index is 5.14. The second-order valence-corrected chi connectivity index (χ2v) is 4.72. The molecule has 0 bridgehead atoms. The Kier molecular flexibility index (Phi) is 5.61. The quantitative estimate of drug-likeness (QED) is 0.424. The van der Waals surface area contributed by atoms with Gasteiger partial charge in [0.1, 0.15) is 11.7 Å². The molecule has 0 aliphatic heterocycles. The van der Waals surface area contributed by atoms with Crippen molar-refractivity contribution in [3.05, 3.63) is 12.2 Å². The van der Waals surface area contributed by atoms with Gasteiger partial charge in [-0.3, -0.25) is 0 Å². The molecule has 0 N–H and O–H groups in total. The first kappa shape index (κ1) is 20.6. The summed E-state index contributed by atoms with van der Waals surface area (Å²) in [6, 6.07) is 0. The summed E-state index contributed by atoms with van der Waals surface area (Å²) in [5.41, 5.74) is -6.26. The highest BCUT2D eigenvalue weighted by Crippen LogP contribution is 2.53. The summed E-state index contributed by atoms with van der Waals surface area (Å²) in [6.45, 7) is 2.78. The van der Waals surface area contributed by atoms with E-state index in [4.69, 9.17) is 0 Å². The highest BCUT2D eigenvalue weighted by atomic mass is 19.4. The highest BCUT2D eigenvalue weighted by molar-refractivity contribution is 5.89. The minimum absolute atomic E-state index is 0.171. The van der Waals surface area contributed by atoms with Crippen molar-refractivity contribution in [3.63, 3.8) is 0 Å². The van der Waals surface area contributed by atoms with E-state index in [9.17, 15) is 44.3 Å². The monoisotopic (exact) mass is 346 g/mol. The van der Waals surface area contributed by atoms with Gasteiger partial charge in [-0.2, -0.15) is 39.5 Å². The molecule has 0 saturated carbocycles. The summed E-state index contributed by atoms with van der Waals surface area (Å²) in [5, 5.41) is 0. The van der Waals surface area contributed by atoms with E-state index in [-0.39, 0.29) is 6.92 Å². The Morgan fingerprint density at radius 3 is 1.64 bits per heavy atom. The second kappa shape index (κ2) is 5.99. The normalized spacial score (nSPS) is 15.4. The minimum Gasteiger partial charge on any atom is -0.459 e. The number of carbonyl (C=O) groups is 1. The van der Waals surface area contributed by atoms with Crippen LogP contribution in [0, 0.1) is 5.41 Å². The smallest absolute Gasteiger partial charge is 0.422 e. The minimum atomic E-state index is -5.73. The van der Waals surface area contributed by atoms with E-state index in [1.54, 1.807) is 0 Å². The summed E-state index contributed by atoms with van der Waals surface area (Å²) < 4.78 is 116. The Hall–Kier alpha value is -1.42. The van der Waals surface area contributed by atoms with Crippen molar-refractivity contribution in [1.29, 1.82) is 0 Å². The van der Waals surface area contributed by atoms with Gasteiger partial charge in [0.15, 0.2) is 5.41 Å². The summed E-state index contributed by atoms with van der Waals surface area (Å²) in [6.07, 6.45) is -20.5. The highest BCUT2D eigenvalue weighted by Gasteiger charge is 2.67. The van der Waals surface area contributed by atoms with Crippen LogP contribution >= 0.6 is 0 Å². The molecule has 0 saturated heterocycles. The van der Waals surface area contributed by atoms with Gasteiger partial charge >= 0.3 is 24.5 Å². The standard InChI is InChI=1S/C11H11F9O2/c1-5(22-7(21)6(2)9(12,13)14)4-8(3,10(15,16)17)11(18,19)20/h5H,2,4H2,1,3H3. The number of rotatable bonds is 4. The van der Waals surface area contributed by atoms with Gasteiger partial charge in [0, 0.05) is 6.42 Å². The first-order chi connectivity index (χ1) is 9.43. The van der Waals surface area contributed by atoms with Gasteiger partial charge in [-0.1, -0.05) is 6.58 Å². The molecule has 22 heavy (non-hydrogen) atoms. The van der Waals surface area contributed by atoms with Crippen LogP contribution in [0.1, 0.15) is 20.3 Å². The fourth-order valence-electron chi connectivity index (χ4n) is 1.38. The molecule has 0 aliphatic carbocycles. The molecule has 11 heteroatoms. The molecule has 0 amide bonds. The van der Waals surface area contributed by atoms with Crippen molar-refractivity contribution in [2.24, 2.45) is 5.41 Å². The topological polar surface area (TPSA) is 26.3 Å². The molecule has 0 heterocycles. The summed E-state index contributed by atoms with van der Waals surface area (Å²) in [5.74, 6) is -2.13.